The van der Waals surface area contributed by atoms with E-state index in [1.807, 2.05) is 19.9 Å². The number of hydrogen-bond acceptors (Lipinski definition) is 6. The van der Waals surface area contributed by atoms with Crippen LogP contribution in [0.1, 0.15) is 16.7 Å². The maximum atomic E-state index is 12.9. The molecule has 1 N–H and O–H groups in total. The van der Waals surface area contributed by atoms with Crippen molar-refractivity contribution in [3.8, 4) is 11.3 Å². The Morgan fingerprint density at radius 2 is 1.48 bits per heavy atom. The van der Waals surface area contributed by atoms with Crippen LogP contribution in [0, 0.1) is 20.8 Å². The minimum atomic E-state index is -3.77. The van der Waals surface area contributed by atoms with Crippen LogP contribution in [-0.4, -0.2) is 33.3 Å². The summed E-state index contributed by atoms with van der Waals surface area (Å²) in [6.07, 6.45) is 1.06. The van der Waals surface area contributed by atoms with Gasteiger partial charge in [0, 0.05) is 17.5 Å². The summed E-state index contributed by atoms with van der Waals surface area (Å²) in [7, 11) is -7.21. The van der Waals surface area contributed by atoms with E-state index in [1.165, 1.54) is 12.1 Å². The molecule has 0 radical (unpaired) electrons. The van der Waals surface area contributed by atoms with Crippen LogP contribution in [0.25, 0.3) is 11.3 Å². The molecule has 0 aliphatic rings. The smallest absolute Gasteiger partial charge is 0.262 e. The molecule has 0 saturated heterocycles. The van der Waals surface area contributed by atoms with E-state index in [1.54, 1.807) is 37.3 Å². The number of hydrogen-bond donors (Lipinski definition) is 1. The van der Waals surface area contributed by atoms with Gasteiger partial charge in [-0.15, -0.1) is 10.2 Å². The van der Waals surface area contributed by atoms with E-state index in [0.29, 0.717) is 22.5 Å². The molecular weight excluding hydrogens is 410 g/mol. The molecule has 0 fully saturated rings. The number of nitrogens with zero attached hydrogens (tertiary/aromatic N) is 2. The van der Waals surface area contributed by atoms with Crippen molar-refractivity contribution >= 4 is 25.5 Å². The lowest BCUT2D eigenvalue weighted by Crippen LogP contribution is -2.14. The minimum Gasteiger partial charge on any atom is -0.280 e. The monoisotopic (exact) mass is 431 g/mol. The van der Waals surface area contributed by atoms with E-state index < -0.39 is 19.9 Å². The second-order valence-electron chi connectivity index (χ2n) is 6.92. The fourth-order valence-electron chi connectivity index (χ4n) is 2.85. The Labute approximate surface area is 170 Å². The molecule has 1 aromatic heterocycles. The number of sulfone groups is 1. The topological polar surface area (TPSA) is 106 Å². The van der Waals surface area contributed by atoms with Crippen LogP contribution in [0.4, 0.5) is 5.69 Å². The van der Waals surface area contributed by atoms with Crippen LogP contribution >= 0.6 is 0 Å². The van der Waals surface area contributed by atoms with Gasteiger partial charge in [0.2, 0.25) is 0 Å². The lowest BCUT2D eigenvalue weighted by atomic mass is 10.1. The van der Waals surface area contributed by atoms with Gasteiger partial charge in [0.25, 0.3) is 10.0 Å². The zero-order valence-corrected chi connectivity index (χ0v) is 18.1. The van der Waals surface area contributed by atoms with Crippen LogP contribution in [0.5, 0.6) is 0 Å². The molecule has 3 rings (SSSR count). The highest BCUT2D eigenvalue weighted by atomic mass is 32.2. The van der Waals surface area contributed by atoms with Gasteiger partial charge < -0.3 is 0 Å². The Balaban J connectivity index is 1.93. The SMILES string of the molecule is Cc1cc(C)c(S(=O)(=O)Nc2cccc(-c3ccc(S(C)(=O)=O)nn3)c2)cc1C. The van der Waals surface area contributed by atoms with Gasteiger partial charge in [0.05, 0.1) is 10.6 Å². The second kappa shape index (κ2) is 7.57. The normalized spacial score (nSPS) is 12.0. The van der Waals surface area contributed by atoms with Gasteiger partial charge in [-0.05, 0) is 67.8 Å². The van der Waals surface area contributed by atoms with Crippen molar-refractivity contribution in [3.05, 3.63) is 65.2 Å². The molecule has 1 heterocycles. The van der Waals surface area contributed by atoms with Crippen molar-refractivity contribution in [3.63, 3.8) is 0 Å². The highest BCUT2D eigenvalue weighted by Gasteiger charge is 2.18. The molecule has 0 aliphatic carbocycles. The maximum Gasteiger partial charge on any atom is 0.262 e. The van der Waals surface area contributed by atoms with Crippen molar-refractivity contribution in [2.45, 2.75) is 30.7 Å². The molecule has 0 saturated carbocycles. The van der Waals surface area contributed by atoms with Crippen LogP contribution in [0.15, 0.2) is 58.5 Å². The Morgan fingerprint density at radius 3 is 2.10 bits per heavy atom. The molecule has 152 valence electrons. The molecule has 2 aromatic carbocycles. The van der Waals surface area contributed by atoms with E-state index in [9.17, 15) is 16.8 Å². The van der Waals surface area contributed by atoms with E-state index in [4.69, 9.17) is 0 Å². The molecule has 0 unspecified atom stereocenters. The summed E-state index contributed by atoms with van der Waals surface area (Å²) in [6.45, 7) is 5.56. The quantitative estimate of drug-likeness (QED) is 0.664. The third kappa shape index (κ3) is 4.63. The summed E-state index contributed by atoms with van der Waals surface area (Å²) in [5.74, 6) is 0. The van der Waals surface area contributed by atoms with E-state index >= 15 is 0 Å². The highest BCUT2D eigenvalue weighted by Crippen LogP contribution is 2.25. The minimum absolute atomic E-state index is 0.122. The molecule has 7 nitrogen and oxygen atoms in total. The molecule has 9 heteroatoms. The number of aromatic nitrogens is 2. The third-order valence-corrected chi connectivity index (χ3v) is 7.01. The maximum absolute atomic E-state index is 12.9. The van der Waals surface area contributed by atoms with Crippen LogP contribution < -0.4 is 4.72 Å². The zero-order chi connectivity index (χ0) is 21.4. The average Bonchev–Trinajstić information content (AvgIpc) is 2.64. The number of sulfonamides is 1. The number of benzene rings is 2. The predicted molar refractivity (Wildman–Crippen MR) is 112 cm³/mol. The van der Waals surface area contributed by atoms with Gasteiger partial charge in [0.1, 0.15) is 0 Å². The zero-order valence-electron chi connectivity index (χ0n) is 16.5. The number of anilines is 1. The molecule has 0 atom stereocenters. The Bertz CT molecular complexity index is 1280. The van der Waals surface area contributed by atoms with Crippen molar-refractivity contribution in [2.75, 3.05) is 11.0 Å². The van der Waals surface area contributed by atoms with Gasteiger partial charge in [-0.3, -0.25) is 4.72 Å². The predicted octanol–water partition coefficient (Wildman–Crippen LogP) is 3.27. The van der Waals surface area contributed by atoms with Gasteiger partial charge in [0.15, 0.2) is 14.9 Å². The fourth-order valence-corrected chi connectivity index (χ4v) is 4.71. The first-order valence-corrected chi connectivity index (χ1v) is 12.1. The number of aryl methyl sites for hydroxylation is 3. The fraction of sp³-hybridized carbons (Fsp3) is 0.200. The Morgan fingerprint density at radius 1 is 0.793 bits per heavy atom. The lowest BCUT2D eigenvalue weighted by Gasteiger charge is -2.13. The van der Waals surface area contributed by atoms with E-state index in [2.05, 4.69) is 14.9 Å². The molecule has 3 aromatic rings. The Hall–Kier alpha value is -2.78. The van der Waals surface area contributed by atoms with Crippen molar-refractivity contribution in [1.82, 2.24) is 10.2 Å². The van der Waals surface area contributed by atoms with Crippen molar-refractivity contribution < 1.29 is 16.8 Å². The third-order valence-electron chi connectivity index (χ3n) is 4.51. The molecule has 0 spiro atoms. The Kier molecular flexibility index (Phi) is 5.46. The van der Waals surface area contributed by atoms with Crippen LogP contribution in [-0.2, 0) is 19.9 Å². The summed E-state index contributed by atoms with van der Waals surface area (Å²) < 4.78 is 51.4. The first-order chi connectivity index (χ1) is 13.5. The number of nitrogens with one attached hydrogen (secondary N) is 1. The summed E-state index contributed by atoms with van der Waals surface area (Å²) in [5, 5.41) is 7.55. The summed E-state index contributed by atoms with van der Waals surface area (Å²) in [6, 6.07) is 13.1. The van der Waals surface area contributed by atoms with Gasteiger partial charge in [-0.25, -0.2) is 16.8 Å². The van der Waals surface area contributed by atoms with Crippen LogP contribution in [0.3, 0.4) is 0 Å². The second-order valence-corrected chi connectivity index (χ2v) is 10.5. The first-order valence-electron chi connectivity index (χ1n) is 8.72. The van der Waals surface area contributed by atoms with Crippen LogP contribution in [0.2, 0.25) is 0 Å². The van der Waals surface area contributed by atoms with Crippen molar-refractivity contribution in [1.29, 1.82) is 0 Å². The summed E-state index contributed by atoms with van der Waals surface area (Å²) in [4.78, 5) is 0.225. The molecular formula is C20H21N3O4S2. The lowest BCUT2D eigenvalue weighted by molar-refractivity contribution is 0.595. The first kappa shape index (κ1) is 20.9. The molecule has 0 amide bonds. The van der Waals surface area contributed by atoms with Crippen molar-refractivity contribution in [2.24, 2.45) is 0 Å². The van der Waals surface area contributed by atoms with Gasteiger partial charge in [-0.2, -0.15) is 0 Å². The summed E-state index contributed by atoms with van der Waals surface area (Å²) >= 11 is 0. The van der Waals surface area contributed by atoms with Gasteiger partial charge >= 0.3 is 0 Å². The molecule has 0 aliphatic heterocycles. The van der Waals surface area contributed by atoms with E-state index in [-0.39, 0.29) is 9.92 Å². The highest BCUT2D eigenvalue weighted by molar-refractivity contribution is 7.92. The van der Waals surface area contributed by atoms with Gasteiger partial charge in [-0.1, -0.05) is 18.2 Å². The largest absolute Gasteiger partial charge is 0.280 e. The summed E-state index contributed by atoms with van der Waals surface area (Å²) in [5.41, 5.74) is 3.99. The molecule has 0 bridgehead atoms. The molecule has 29 heavy (non-hydrogen) atoms. The average molecular weight is 432 g/mol. The standard InChI is InChI=1S/C20H21N3O4S2/c1-13-10-15(3)19(11-14(13)2)29(26,27)23-17-7-5-6-16(12-17)18-8-9-20(22-21-18)28(4,24)25/h5-12,23H,1-4H3. The van der Waals surface area contributed by atoms with E-state index in [0.717, 1.165) is 17.4 Å². The number of rotatable bonds is 5.